The van der Waals surface area contributed by atoms with E-state index in [0.717, 1.165) is 17.8 Å². The molecule has 6 nitrogen and oxygen atoms in total. The molecule has 126 valence electrons. The van der Waals surface area contributed by atoms with E-state index in [0.29, 0.717) is 18.1 Å². The van der Waals surface area contributed by atoms with Crippen LogP contribution in [-0.4, -0.2) is 27.4 Å². The first-order chi connectivity index (χ1) is 12.3. The van der Waals surface area contributed by atoms with Gasteiger partial charge in [0, 0.05) is 37.2 Å². The van der Waals surface area contributed by atoms with Crippen LogP contribution in [0.4, 0.5) is 11.5 Å². The number of nitrogens with one attached hydrogen (secondary N) is 1. The molecule has 6 heteroatoms. The van der Waals surface area contributed by atoms with E-state index in [1.807, 2.05) is 54.3 Å². The summed E-state index contributed by atoms with van der Waals surface area (Å²) in [6.45, 7) is 3.18. The second-order valence-electron chi connectivity index (χ2n) is 5.39. The molecule has 0 saturated carbocycles. The number of benzene rings is 1. The summed E-state index contributed by atoms with van der Waals surface area (Å²) in [5, 5.41) is 2.85. The predicted octanol–water partition coefficient (Wildman–Crippen LogP) is 2.96. The van der Waals surface area contributed by atoms with E-state index in [2.05, 4.69) is 20.3 Å². The molecular formula is C19H19N5O. The molecule has 0 radical (unpaired) electrons. The van der Waals surface area contributed by atoms with Crippen molar-refractivity contribution in [2.75, 3.05) is 11.4 Å². The number of anilines is 2. The highest BCUT2D eigenvalue weighted by atomic mass is 16.1. The number of para-hydroxylation sites is 1. The molecule has 2 heterocycles. The van der Waals surface area contributed by atoms with Crippen molar-refractivity contribution < 1.29 is 4.79 Å². The molecule has 0 saturated heterocycles. The highest BCUT2D eigenvalue weighted by molar-refractivity contribution is 5.93. The van der Waals surface area contributed by atoms with E-state index in [4.69, 9.17) is 0 Å². The summed E-state index contributed by atoms with van der Waals surface area (Å²) in [4.78, 5) is 26.8. The normalized spacial score (nSPS) is 10.3. The molecule has 0 aliphatic rings. The van der Waals surface area contributed by atoms with E-state index >= 15 is 0 Å². The molecular weight excluding hydrogens is 314 g/mol. The lowest BCUT2D eigenvalue weighted by Crippen LogP contribution is -2.25. The van der Waals surface area contributed by atoms with Gasteiger partial charge in [-0.25, -0.2) is 9.97 Å². The van der Waals surface area contributed by atoms with Crippen molar-refractivity contribution in [3.63, 3.8) is 0 Å². The predicted molar refractivity (Wildman–Crippen MR) is 96.6 cm³/mol. The highest BCUT2D eigenvalue weighted by Crippen LogP contribution is 2.22. The van der Waals surface area contributed by atoms with Crippen LogP contribution in [-0.2, 0) is 6.54 Å². The fraction of sp³-hybridized carbons (Fsp3) is 0.158. The van der Waals surface area contributed by atoms with Gasteiger partial charge in [-0.2, -0.15) is 0 Å². The summed E-state index contributed by atoms with van der Waals surface area (Å²) < 4.78 is 0. The number of amides is 1. The summed E-state index contributed by atoms with van der Waals surface area (Å²) in [6, 6.07) is 15.4. The number of pyridine rings is 1. The van der Waals surface area contributed by atoms with Crippen molar-refractivity contribution in [3.8, 4) is 0 Å². The van der Waals surface area contributed by atoms with Crippen LogP contribution in [0.15, 0.2) is 67.3 Å². The van der Waals surface area contributed by atoms with Crippen molar-refractivity contribution in [3.05, 3.63) is 78.5 Å². The number of nitrogens with zero attached hydrogens (tertiary/aromatic N) is 4. The van der Waals surface area contributed by atoms with Crippen molar-refractivity contribution in [2.45, 2.75) is 13.5 Å². The lowest BCUT2D eigenvalue weighted by atomic mass is 10.2. The average Bonchev–Trinajstić information content (AvgIpc) is 2.69. The second kappa shape index (κ2) is 8.01. The molecule has 0 aliphatic carbocycles. The Morgan fingerprint density at radius 1 is 1.12 bits per heavy atom. The van der Waals surface area contributed by atoms with Gasteiger partial charge in [0.25, 0.3) is 5.91 Å². The maximum Gasteiger partial charge on any atom is 0.270 e. The Hall–Kier alpha value is -3.28. The van der Waals surface area contributed by atoms with Crippen molar-refractivity contribution >= 4 is 17.4 Å². The zero-order chi connectivity index (χ0) is 17.5. The van der Waals surface area contributed by atoms with Gasteiger partial charge in [-0.1, -0.05) is 24.3 Å². The molecule has 0 fully saturated rings. The highest BCUT2D eigenvalue weighted by Gasteiger charge is 2.13. The van der Waals surface area contributed by atoms with E-state index in [1.54, 1.807) is 18.5 Å². The van der Waals surface area contributed by atoms with Crippen LogP contribution in [0.1, 0.15) is 23.0 Å². The van der Waals surface area contributed by atoms with Gasteiger partial charge < -0.3 is 10.2 Å². The second-order valence-corrected chi connectivity index (χ2v) is 5.39. The molecule has 0 atom stereocenters. The average molecular weight is 333 g/mol. The van der Waals surface area contributed by atoms with Crippen LogP contribution in [0, 0.1) is 0 Å². The number of carbonyl (C=O) groups is 1. The van der Waals surface area contributed by atoms with Gasteiger partial charge in [-0.3, -0.25) is 9.78 Å². The zero-order valence-electron chi connectivity index (χ0n) is 14.0. The third kappa shape index (κ3) is 4.17. The molecule has 25 heavy (non-hydrogen) atoms. The van der Waals surface area contributed by atoms with Crippen molar-refractivity contribution in [1.29, 1.82) is 0 Å². The van der Waals surface area contributed by atoms with Crippen LogP contribution >= 0.6 is 0 Å². The fourth-order valence-electron chi connectivity index (χ4n) is 2.48. The first kappa shape index (κ1) is 16.6. The van der Waals surface area contributed by atoms with Gasteiger partial charge in [0.05, 0.1) is 0 Å². The lowest BCUT2D eigenvalue weighted by Gasteiger charge is -2.22. The van der Waals surface area contributed by atoms with Crippen molar-refractivity contribution in [2.24, 2.45) is 0 Å². The minimum absolute atomic E-state index is 0.239. The van der Waals surface area contributed by atoms with E-state index in [1.165, 1.54) is 6.33 Å². The monoisotopic (exact) mass is 333 g/mol. The standard InChI is InChI=1S/C19H19N5O/c1-2-24(16-8-4-3-5-9-16)18-11-17(22-14-23-18)19(25)21-13-15-7-6-10-20-12-15/h3-12,14H,2,13H2,1H3,(H,21,25). The van der Waals surface area contributed by atoms with Gasteiger partial charge >= 0.3 is 0 Å². The molecule has 2 aromatic heterocycles. The van der Waals surface area contributed by atoms with Gasteiger partial charge in [0.2, 0.25) is 0 Å². The maximum absolute atomic E-state index is 12.4. The smallest absolute Gasteiger partial charge is 0.270 e. The number of hydrogen-bond acceptors (Lipinski definition) is 5. The van der Waals surface area contributed by atoms with Gasteiger partial charge in [0.1, 0.15) is 17.8 Å². The summed E-state index contributed by atoms with van der Waals surface area (Å²) in [5.74, 6) is 0.451. The summed E-state index contributed by atoms with van der Waals surface area (Å²) in [5.41, 5.74) is 2.29. The molecule has 0 spiro atoms. The summed E-state index contributed by atoms with van der Waals surface area (Å²) in [6.07, 6.45) is 4.84. The fourth-order valence-corrected chi connectivity index (χ4v) is 2.48. The molecule has 0 unspecified atom stereocenters. The SMILES string of the molecule is CCN(c1ccccc1)c1cc(C(=O)NCc2cccnc2)ncn1. The van der Waals surface area contributed by atoms with Gasteiger partial charge in [-0.05, 0) is 30.7 Å². The topological polar surface area (TPSA) is 71.0 Å². The Kier molecular flexibility index (Phi) is 5.31. The number of carbonyl (C=O) groups excluding carboxylic acids is 1. The quantitative estimate of drug-likeness (QED) is 0.751. The first-order valence-corrected chi connectivity index (χ1v) is 8.09. The third-order valence-corrected chi connectivity index (χ3v) is 3.72. The van der Waals surface area contributed by atoms with E-state index in [-0.39, 0.29) is 5.91 Å². The summed E-state index contributed by atoms with van der Waals surface area (Å²) >= 11 is 0. The zero-order valence-corrected chi connectivity index (χ0v) is 14.0. The van der Waals surface area contributed by atoms with Crippen molar-refractivity contribution in [1.82, 2.24) is 20.3 Å². The third-order valence-electron chi connectivity index (χ3n) is 3.72. The molecule has 1 N–H and O–H groups in total. The molecule has 3 rings (SSSR count). The van der Waals surface area contributed by atoms with Gasteiger partial charge in [-0.15, -0.1) is 0 Å². The minimum Gasteiger partial charge on any atom is -0.347 e. The number of aromatic nitrogens is 3. The number of rotatable bonds is 6. The number of hydrogen-bond donors (Lipinski definition) is 1. The molecule has 1 amide bonds. The summed E-state index contributed by atoms with van der Waals surface area (Å²) in [7, 11) is 0. The van der Waals surface area contributed by atoms with Crippen LogP contribution in [0.5, 0.6) is 0 Å². The Balaban J connectivity index is 1.75. The van der Waals surface area contributed by atoms with Crippen LogP contribution in [0.25, 0.3) is 0 Å². The maximum atomic E-state index is 12.4. The largest absolute Gasteiger partial charge is 0.347 e. The lowest BCUT2D eigenvalue weighted by molar-refractivity contribution is 0.0945. The molecule has 0 aliphatic heterocycles. The van der Waals surface area contributed by atoms with Crippen LogP contribution in [0.3, 0.4) is 0 Å². The van der Waals surface area contributed by atoms with Gasteiger partial charge in [0.15, 0.2) is 0 Å². The Morgan fingerprint density at radius 2 is 1.96 bits per heavy atom. The Bertz CT molecular complexity index is 823. The first-order valence-electron chi connectivity index (χ1n) is 8.09. The molecule has 1 aromatic carbocycles. The van der Waals surface area contributed by atoms with Crippen LogP contribution in [0.2, 0.25) is 0 Å². The molecule has 0 bridgehead atoms. The minimum atomic E-state index is -0.239. The Morgan fingerprint density at radius 3 is 2.68 bits per heavy atom. The van der Waals surface area contributed by atoms with E-state index in [9.17, 15) is 4.79 Å². The Labute approximate surface area is 146 Å². The molecule has 3 aromatic rings. The van der Waals surface area contributed by atoms with Crippen LogP contribution < -0.4 is 10.2 Å². The van der Waals surface area contributed by atoms with E-state index < -0.39 is 0 Å².